The zero-order valence-corrected chi connectivity index (χ0v) is 19.8. The molecule has 29 heavy (non-hydrogen) atoms. The fourth-order valence-corrected chi connectivity index (χ4v) is 2.79. The quantitative estimate of drug-likeness (QED) is 0.221. The lowest BCUT2D eigenvalue weighted by Crippen LogP contribution is -2.42. The van der Waals surface area contributed by atoms with E-state index in [-0.39, 0.29) is 29.9 Å². The van der Waals surface area contributed by atoms with Crippen LogP contribution in [0.2, 0.25) is 0 Å². The highest BCUT2D eigenvalue weighted by molar-refractivity contribution is 14.0. The van der Waals surface area contributed by atoms with E-state index in [0.717, 1.165) is 12.5 Å². The molecule has 0 aromatic heterocycles. The average molecular weight is 510 g/mol. The van der Waals surface area contributed by atoms with Crippen molar-refractivity contribution >= 4 is 35.8 Å². The molecule has 1 unspecified atom stereocenters. The summed E-state index contributed by atoms with van der Waals surface area (Å²) >= 11 is 0. The third kappa shape index (κ3) is 8.31. The minimum Gasteiger partial charge on any atom is -0.497 e. The number of amides is 1. The second-order valence-corrected chi connectivity index (χ2v) is 6.68. The van der Waals surface area contributed by atoms with Crippen LogP contribution in [-0.2, 0) is 0 Å². The van der Waals surface area contributed by atoms with E-state index >= 15 is 0 Å². The van der Waals surface area contributed by atoms with Crippen molar-refractivity contribution in [1.82, 2.24) is 16.0 Å². The number of hydrogen-bond donors (Lipinski definition) is 3. The minimum absolute atomic E-state index is 0. The Bertz CT molecular complexity index is 811. The molecule has 2 aromatic rings. The van der Waals surface area contributed by atoms with Gasteiger partial charge in [-0.3, -0.25) is 9.79 Å². The van der Waals surface area contributed by atoms with Crippen LogP contribution in [-0.4, -0.2) is 45.7 Å². The van der Waals surface area contributed by atoms with Gasteiger partial charge in [0.15, 0.2) is 5.96 Å². The molecule has 6 nitrogen and oxygen atoms in total. The van der Waals surface area contributed by atoms with Crippen LogP contribution in [0.4, 0.5) is 0 Å². The van der Waals surface area contributed by atoms with E-state index in [1.807, 2.05) is 6.07 Å². The number of guanidine groups is 1. The molecule has 0 bridgehead atoms. The average Bonchev–Trinajstić information content (AvgIpc) is 2.72. The van der Waals surface area contributed by atoms with Crippen LogP contribution in [0, 0.1) is 6.92 Å². The molecular weight excluding hydrogens is 479 g/mol. The van der Waals surface area contributed by atoms with E-state index in [1.54, 1.807) is 32.4 Å². The van der Waals surface area contributed by atoms with Gasteiger partial charge in [0.05, 0.1) is 7.11 Å². The van der Waals surface area contributed by atoms with Gasteiger partial charge in [0.2, 0.25) is 0 Å². The molecule has 3 N–H and O–H groups in total. The van der Waals surface area contributed by atoms with Crippen LogP contribution in [0.1, 0.15) is 34.3 Å². The van der Waals surface area contributed by atoms with Crippen molar-refractivity contribution < 1.29 is 9.53 Å². The number of carbonyl (C=O) groups is 1. The summed E-state index contributed by atoms with van der Waals surface area (Å²) in [4.78, 5) is 16.4. The number of benzene rings is 2. The largest absolute Gasteiger partial charge is 0.497 e. The number of carbonyl (C=O) groups excluding carboxylic acids is 1. The molecule has 0 aliphatic rings. The summed E-state index contributed by atoms with van der Waals surface area (Å²) in [7, 11) is 3.32. The summed E-state index contributed by atoms with van der Waals surface area (Å²) in [6.07, 6.45) is 0. The molecule has 7 heteroatoms. The van der Waals surface area contributed by atoms with Gasteiger partial charge >= 0.3 is 0 Å². The zero-order chi connectivity index (χ0) is 20.4. The topological polar surface area (TPSA) is 74.8 Å². The van der Waals surface area contributed by atoms with E-state index in [1.165, 1.54) is 11.1 Å². The van der Waals surface area contributed by atoms with Gasteiger partial charge < -0.3 is 20.7 Å². The van der Waals surface area contributed by atoms with Crippen molar-refractivity contribution in [1.29, 1.82) is 0 Å². The van der Waals surface area contributed by atoms with Gasteiger partial charge in [0.1, 0.15) is 5.75 Å². The maximum atomic E-state index is 12.2. The molecule has 0 heterocycles. The highest BCUT2D eigenvalue weighted by Gasteiger charge is 2.08. The minimum atomic E-state index is -0.128. The molecule has 1 amide bonds. The van der Waals surface area contributed by atoms with Gasteiger partial charge in [-0.1, -0.05) is 42.8 Å². The first kappa shape index (κ1) is 24.7. The van der Waals surface area contributed by atoms with Crippen LogP contribution in [0.25, 0.3) is 0 Å². The predicted molar refractivity (Wildman–Crippen MR) is 130 cm³/mol. The molecule has 0 fully saturated rings. The molecule has 0 spiro atoms. The summed E-state index contributed by atoms with van der Waals surface area (Å²) in [6, 6.07) is 15.6. The normalized spacial score (nSPS) is 11.8. The lowest BCUT2D eigenvalue weighted by molar-refractivity contribution is 0.0954. The molecule has 2 rings (SSSR count). The number of hydrogen-bond acceptors (Lipinski definition) is 3. The Kier molecular flexibility index (Phi) is 11.1. The van der Waals surface area contributed by atoms with Crippen molar-refractivity contribution in [3.63, 3.8) is 0 Å². The van der Waals surface area contributed by atoms with Crippen LogP contribution < -0.4 is 20.7 Å². The smallest absolute Gasteiger partial charge is 0.251 e. The van der Waals surface area contributed by atoms with Gasteiger partial charge in [-0.2, -0.15) is 0 Å². The molecule has 0 aliphatic heterocycles. The number of methoxy groups -OCH3 is 1. The number of rotatable bonds is 8. The highest BCUT2D eigenvalue weighted by Crippen LogP contribution is 2.15. The van der Waals surface area contributed by atoms with Crippen molar-refractivity contribution in [2.75, 3.05) is 33.8 Å². The Morgan fingerprint density at radius 2 is 1.79 bits per heavy atom. The number of halogens is 1. The monoisotopic (exact) mass is 510 g/mol. The number of aryl methyl sites for hydroxylation is 1. The van der Waals surface area contributed by atoms with Gasteiger partial charge in [-0.05, 0) is 36.6 Å². The zero-order valence-electron chi connectivity index (χ0n) is 17.5. The first-order valence-corrected chi connectivity index (χ1v) is 9.46. The van der Waals surface area contributed by atoms with Crippen molar-refractivity contribution in [3.8, 4) is 5.75 Å². The van der Waals surface area contributed by atoms with Crippen molar-refractivity contribution in [2.24, 2.45) is 4.99 Å². The summed E-state index contributed by atoms with van der Waals surface area (Å²) < 4.78 is 5.14. The first-order valence-electron chi connectivity index (χ1n) is 9.46. The van der Waals surface area contributed by atoms with Crippen LogP contribution in [0.15, 0.2) is 53.5 Å². The number of ether oxygens (including phenoxy) is 1. The number of aliphatic imine (C=N–C) groups is 1. The third-order valence-electron chi connectivity index (χ3n) is 4.45. The van der Waals surface area contributed by atoms with Crippen LogP contribution in [0.3, 0.4) is 0 Å². The molecule has 0 aliphatic carbocycles. The SMILES string of the molecule is CN=C(NCCNC(=O)c1cccc(OC)c1)NCC(C)c1cccc(C)c1.I. The van der Waals surface area contributed by atoms with Crippen molar-refractivity contribution in [2.45, 2.75) is 19.8 Å². The van der Waals surface area contributed by atoms with E-state index in [2.05, 4.69) is 59.1 Å². The Morgan fingerprint density at radius 1 is 1.07 bits per heavy atom. The summed E-state index contributed by atoms with van der Waals surface area (Å²) in [6.45, 7) is 6.13. The van der Waals surface area contributed by atoms with E-state index in [9.17, 15) is 4.79 Å². The number of nitrogens with zero attached hydrogens (tertiary/aromatic N) is 1. The third-order valence-corrected chi connectivity index (χ3v) is 4.45. The standard InChI is InChI=1S/C22H30N4O2.HI/c1-16-7-5-8-18(13-16)17(2)15-26-22(23-3)25-12-11-24-21(27)19-9-6-10-20(14-19)28-4;/h5-10,13-14,17H,11-12,15H2,1-4H3,(H,24,27)(H2,23,25,26);1H. The Balaban J connectivity index is 0.00000420. The second kappa shape index (κ2) is 13.0. The maximum absolute atomic E-state index is 12.2. The fraction of sp³-hybridized carbons (Fsp3) is 0.364. The fourth-order valence-electron chi connectivity index (χ4n) is 2.79. The second-order valence-electron chi connectivity index (χ2n) is 6.68. The maximum Gasteiger partial charge on any atom is 0.251 e. The molecule has 158 valence electrons. The Hall–Kier alpha value is -2.29. The first-order chi connectivity index (χ1) is 13.5. The van der Waals surface area contributed by atoms with E-state index in [4.69, 9.17) is 4.74 Å². The molecule has 2 aromatic carbocycles. The van der Waals surface area contributed by atoms with Gasteiger partial charge in [0.25, 0.3) is 5.91 Å². The van der Waals surface area contributed by atoms with Crippen LogP contribution >= 0.6 is 24.0 Å². The Labute approximate surface area is 190 Å². The molecule has 0 saturated carbocycles. The number of nitrogens with one attached hydrogen (secondary N) is 3. The Morgan fingerprint density at radius 3 is 2.48 bits per heavy atom. The summed E-state index contributed by atoms with van der Waals surface area (Å²) in [5.74, 6) is 1.62. The highest BCUT2D eigenvalue weighted by atomic mass is 127. The lowest BCUT2D eigenvalue weighted by Gasteiger charge is -2.17. The van der Waals surface area contributed by atoms with Gasteiger partial charge in [-0.15, -0.1) is 24.0 Å². The molecule has 0 radical (unpaired) electrons. The van der Waals surface area contributed by atoms with Crippen LogP contribution in [0.5, 0.6) is 5.75 Å². The van der Waals surface area contributed by atoms with Gasteiger partial charge in [0, 0.05) is 32.2 Å². The predicted octanol–water partition coefficient (Wildman–Crippen LogP) is 3.32. The van der Waals surface area contributed by atoms with Gasteiger partial charge in [-0.25, -0.2) is 0 Å². The van der Waals surface area contributed by atoms with E-state index < -0.39 is 0 Å². The molecule has 0 saturated heterocycles. The summed E-state index contributed by atoms with van der Waals surface area (Å²) in [5, 5.41) is 9.44. The summed E-state index contributed by atoms with van der Waals surface area (Å²) in [5.41, 5.74) is 3.14. The van der Waals surface area contributed by atoms with E-state index in [0.29, 0.717) is 30.3 Å². The molecular formula is C22H31IN4O2. The lowest BCUT2D eigenvalue weighted by atomic mass is 9.99. The molecule has 1 atom stereocenters. The van der Waals surface area contributed by atoms with Crippen molar-refractivity contribution in [3.05, 3.63) is 65.2 Å².